The molecule has 0 aromatic heterocycles. The van der Waals surface area contributed by atoms with Gasteiger partial charge >= 0.3 is 6.03 Å². The highest BCUT2D eigenvalue weighted by molar-refractivity contribution is 6.10. The number of nitrogens with one attached hydrogen (secondary N) is 2. The standard InChI is InChI=1S/C23H27N3O5/c1-14(2)15-6-8-16(9-7-15)23(3)21(28)26(22(29)25-23)13-20(27)24-17-10-18(30-4)12-19(11-17)31-5/h6-12,14H,13H2,1-5H3,(H,24,27)(H,25,29). The number of anilines is 1. The van der Waals surface area contributed by atoms with Crippen molar-refractivity contribution in [3.8, 4) is 11.5 Å². The van der Waals surface area contributed by atoms with E-state index in [1.807, 2.05) is 24.3 Å². The quantitative estimate of drug-likeness (QED) is 0.664. The maximum Gasteiger partial charge on any atom is 0.325 e. The lowest BCUT2D eigenvalue weighted by molar-refractivity contribution is -0.133. The van der Waals surface area contributed by atoms with E-state index < -0.39 is 29.9 Å². The van der Waals surface area contributed by atoms with Gasteiger partial charge in [0.1, 0.15) is 23.6 Å². The normalized spacial score (nSPS) is 18.2. The summed E-state index contributed by atoms with van der Waals surface area (Å²) >= 11 is 0. The first kappa shape index (κ1) is 22.1. The molecule has 2 aromatic carbocycles. The zero-order valence-electron chi connectivity index (χ0n) is 18.3. The molecule has 1 atom stereocenters. The summed E-state index contributed by atoms with van der Waals surface area (Å²) < 4.78 is 10.4. The molecule has 3 rings (SSSR count). The number of benzene rings is 2. The lowest BCUT2D eigenvalue weighted by atomic mass is 9.90. The van der Waals surface area contributed by atoms with Crippen LogP contribution in [0.25, 0.3) is 0 Å². The second-order valence-corrected chi connectivity index (χ2v) is 7.87. The number of hydrogen-bond acceptors (Lipinski definition) is 5. The summed E-state index contributed by atoms with van der Waals surface area (Å²) in [6.45, 7) is 5.39. The molecular formula is C23H27N3O5. The van der Waals surface area contributed by atoms with Gasteiger partial charge in [-0.25, -0.2) is 4.79 Å². The number of ether oxygens (including phenoxy) is 2. The molecule has 1 aliphatic rings. The highest BCUT2D eigenvalue weighted by atomic mass is 16.5. The van der Waals surface area contributed by atoms with E-state index in [-0.39, 0.29) is 0 Å². The van der Waals surface area contributed by atoms with Crippen LogP contribution >= 0.6 is 0 Å². The van der Waals surface area contributed by atoms with Crippen LogP contribution in [-0.2, 0) is 15.1 Å². The molecule has 0 radical (unpaired) electrons. The van der Waals surface area contributed by atoms with Gasteiger partial charge in [-0.2, -0.15) is 0 Å². The van der Waals surface area contributed by atoms with E-state index in [2.05, 4.69) is 24.5 Å². The van der Waals surface area contributed by atoms with Gasteiger partial charge in [-0.1, -0.05) is 38.1 Å². The van der Waals surface area contributed by atoms with Crippen LogP contribution in [0.3, 0.4) is 0 Å². The third kappa shape index (κ3) is 4.47. The van der Waals surface area contributed by atoms with Crippen LogP contribution in [-0.4, -0.2) is 43.5 Å². The number of urea groups is 1. The van der Waals surface area contributed by atoms with Crippen LogP contribution in [0.15, 0.2) is 42.5 Å². The van der Waals surface area contributed by atoms with E-state index in [0.717, 1.165) is 10.5 Å². The highest BCUT2D eigenvalue weighted by Crippen LogP contribution is 2.30. The number of carbonyl (C=O) groups excluding carboxylic acids is 3. The zero-order chi connectivity index (χ0) is 22.8. The molecular weight excluding hydrogens is 398 g/mol. The Kier molecular flexibility index (Phi) is 6.19. The van der Waals surface area contributed by atoms with E-state index in [1.54, 1.807) is 25.1 Å². The number of amides is 4. The zero-order valence-corrected chi connectivity index (χ0v) is 18.3. The van der Waals surface area contributed by atoms with Crippen LogP contribution < -0.4 is 20.1 Å². The third-order valence-corrected chi connectivity index (χ3v) is 5.37. The molecule has 0 bridgehead atoms. The van der Waals surface area contributed by atoms with Gasteiger partial charge in [0.2, 0.25) is 5.91 Å². The second-order valence-electron chi connectivity index (χ2n) is 7.87. The van der Waals surface area contributed by atoms with E-state index in [0.29, 0.717) is 28.7 Å². The lowest BCUT2D eigenvalue weighted by Gasteiger charge is -2.22. The van der Waals surface area contributed by atoms with Gasteiger partial charge in [-0.15, -0.1) is 0 Å². The van der Waals surface area contributed by atoms with Gasteiger partial charge in [-0.3, -0.25) is 14.5 Å². The number of rotatable bonds is 7. The molecule has 4 amide bonds. The number of imide groups is 1. The molecule has 1 fully saturated rings. The third-order valence-electron chi connectivity index (χ3n) is 5.37. The summed E-state index contributed by atoms with van der Waals surface area (Å²) in [7, 11) is 3.00. The van der Waals surface area contributed by atoms with Crippen molar-refractivity contribution >= 4 is 23.5 Å². The fourth-order valence-corrected chi connectivity index (χ4v) is 3.46. The summed E-state index contributed by atoms with van der Waals surface area (Å²) in [5.41, 5.74) is 0.997. The minimum atomic E-state index is -1.23. The molecule has 1 unspecified atom stereocenters. The summed E-state index contributed by atoms with van der Waals surface area (Å²) in [5.74, 6) is 0.363. The number of hydrogen-bond donors (Lipinski definition) is 2. The summed E-state index contributed by atoms with van der Waals surface area (Å²) in [5, 5.41) is 5.39. The molecule has 0 spiro atoms. The first-order chi connectivity index (χ1) is 14.7. The highest BCUT2D eigenvalue weighted by Gasteiger charge is 2.49. The molecule has 0 saturated carbocycles. The molecule has 2 aromatic rings. The van der Waals surface area contributed by atoms with Gasteiger partial charge in [-0.05, 0) is 24.0 Å². The average Bonchev–Trinajstić information content (AvgIpc) is 2.97. The predicted octanol–water partition coefficient (Wildman–Crippen LogP) is 3.23. The van der Waals surface area contributed by atoms with Crippen LogP contribution in [0.5, 0.6) is 11.5 Å². The molecule has 1 saturated heterocycles. The second kappa shape index (κ2) is 8.67. The Bertz CT molecular complexity index is 981. The monoisotopic (exact) mass is 425 g/mol. The van der Waals surface area contributed by atoms with Crippen molar-refractivity contribution in [2.75, 3.05) is 26.1 Å². The molecule has 8 nitrogen and oxygen atoms in total. The van der Waals surface area contributed by atoms with Crippen molar-refractivity contribution in [3.63, 3.8) is 0 Å². The first-order valence-corrected chi connectivity index (χ1v) is 9.95. The summed E-state index contributed by atoms with van der Waals surface area (Å²) in [6, 6.07) is 11.8. The van der Waals surface area contributed by atoms with Gasteiger partial charge in [0.25, 0.3) is 5.91 Å². The van der Waals surface area contributed by atoms with Gasteiger partial charge in [0, 0.05) is 23.9 Å². The Morgan fingerprint density at radius 1 is 1.06 bits per heavy atom. The van der Waals surface area contributed by atoms with Gasteiger partial charge in [0.05, 0.1) is 14.2 Å². The van der Waals surface area contributed by atoms with Gasteiger partial charge in [0.15, 0.2) is 0 Å². The van der Waals surface area contributed by atoms with Crippen LogP contribution in [0.1, 0.15) is 37.8 Å². The number of nitrogens with zero attached hydrogens (tertiary/aromatic N) is 1. The minimum absolute atomic E-state index is 0.353. The Hall–Kier alpha value is -3.55. The van der Waals surface area contributed by atoms with Crippen LogP contribution in [0, 0.1) is 0 Å². The topological polar surface area (TPSA) is 97.0 Å². The molecule has 8 heteroatoms. The lowest BCUT2D eigenvalue weighted by Crippen LogP contribution is -2.42. The molecule has 164 valence electrons. The molecule has 31 heavy (non-hydrogen) atoms. The van der Waals surface area contributed by atoms with E-state index in [1.165, 1.54) is 14.2 Å². The SMILES string of the molecule is COc1cc(NC(=O)CN2C(=O)NC(C)(c3ccc(C(C)C)cc3)C2=O)cc(OC)c1. The Morgan fingerprint density at radius 2 is 1.65 bits per heavy atom. The minimum Gasteiger partial charge on any atom is -0.497 e. The van der Waals surface area contributed by atoms with E-state index >= 15 is 0 Å². The van der Waals surface area contributed by atoms with Crippen LogP contribution in [0.4, 0.5) is 10.5 Å². The summed E-state index contributed by atoms with van der Waals surface area (Å²) in [6.07, 6.45) is 0. The molecule has 2 N–H and O–H groups in total. The number of carbonyl (C=O) groups is 3. The molecule has 0 aliphatic carbocycles. The molecule has 1 aliphatic heterocycles. The Morgan fingerprint density at radius 3 is 2.16 bits per heavy atom. The fourth-order valence-electron chi connectivity index (χ4n) is 3.46. The van der Waals surface area contributed by atoms with Gasteiger partial charge < -0.3 is 20.1 Å². The van der Waals surface area contributed by atoms with Crippen molar-refractivity contribution < 1.29 is 23.9 Å². The van der Waals surface area contributed by atoms with Crippen molar-refractivity contribution in [1.82, 2.24) is 10.2 Å². The maximum atomic E-state index is 13.1. The largest absolute Gasteiger partial charge is 0.497 e. The predicted molar refractivity (Wildman–Crippen MR) is 116 cm³/mol. The maximum absolute atomic E-state index is 13.1. The van der Waals surface area contributed by atoms with Crippen molar-refractivity contribution in [3.05, 3.63) is 53.6 Å². The van der Waals surface area contributed by atoms with Crippen molar-refractivity contribution in [1.29, 1.82) is 0 Å². The molecule has 1 heterocycles. The van der Waals surface area contributed by atoms with Crippen LogP contribution in [0.2, 0.25) is 0 Å². The summed E-state index contributed by atoms with van der Waals surface area (Å²) in [4.78, 5) is 39.1. The van der Waals surface area contributed by atoms with Crippen molar-refractivity contribution in [2.45, 2.75) is 32.2 Å². The average molecular weight is 425 g/mol. The Labute approximate surface area is 181 Å². The fraction of sp³-hybridized carbons (Fsp3) is 0.348. The number of methoxy groups -OCH3 is 2. The smallest absolute Gasteiger partial charge is 0.325 e. The Balaban J connectivity index is 1.74. The van der Waals surface area contributed by atoms with E-state index in [9.17, 15) is 14.4 Å². The van der Waals surface area contributed by atoms with E-state index in [4.69, 9.17) is 9.47 Å². The van der Waals surface area contributed by atoms with Crippen molar-refractivity contribution in [2.24, 2.45) is 0 Å². The first-order valence-electron chi connectivity index (χ1n) is 9.95.